The molecule has 0 N–H and O–H groups in total. The molecule has 0 aliphatic carbocycles. The molecule has 1 aromatic carbocycles. The molecule has 0 atom stereocenters. The number of thiazole rings is 1. The van der Waals surface area contributed by atoms with Gasteiger partial charge >= 0.3 is 0 Å². The lowest BCUT2D eigenvalue weighted by Crippen LogP contribution is -2.50. The summed E-state index contributed by atoms with van der Waals surface area (Å²) in [5, 5.41) is 0.695. The molecule has 3 rings (SSSR count). The Morgan fingerprint density at radius 1 is 1.20 bits per heavy atom. The summed E-state index contributed by atoms with van der Waals surface area (Å²) in [6.07, 6.45) is 0. The van der Waals surface area contributed by atoms with E-state index < -0.39 is 0 Å². The molecule has 0 radical (unpaired) electrons. The summed E-state index contributed by atoms with van der Waals surface area (Å²) in [5.74, 6) is -0.208. The van der Waals surface area contributed by atoms with Gasteiger partial charge in [-0.25, -0.2) is 9.37 Å². The Bertz CT molecular complexity index is 779. The van der Waals surface area contributed by atoms with E-state index in [4.69, 9.17) is 0 Å². The lowest BCUT2D eigenvalue weighted by molar-refractivity contribution is 0.0599. The van der Waals surface area contributed by atoms with Gasteiger partial charge in [0.15, 0.2) is 0 Å². The van der Waals surface area contributed by atoms with Crippen molar-refractivity contribution < 1.29 is 9.18 Å². The van der Waals surface area contributed by atoms with Crippen LogP contribution in [0.2, 0.25) is 0 Å². The molecule has 0 bridgehead atoms. The van der Waals surface area contributed by atoms with Gasteiger partial charge < -0.3 is 4.90 Å². The third-order valence-electron chi connectivity index (χ3n) is 4.74. The van der Waals surface area contributed by atoms with Crippen LogP contribution in [-0.4, -0.2) is 52.9 Å². The highest BCUT2D eigenvalue weighted by molar-refractivity contribution is 7.17. The molecule has 1 aliphatic rings. The number of amides is 1. The average Bonchev–Trinajstić information content (AvgIpc) is 2.98. The molecule has 0 saturated carbocycles. The highest BCUT2D eigenvalue weighted by Crippen LogP contribution is 2.30. The molecule has 4 nitrogen and oxygen atoms in total. The average molecular weight is 361 g/mol. The molecule has 1 saturated heterocycles. The van der Waals surface area contributed by atoms with Crippen LogP contribution in [0.5, 0.6) is 0 Å². The Kier molecular flexibility index (Phi) is 5.20. The van der Waals surface area contributed by atoms with Crippen molar-refractivity contribution in [1.82, 2.24) is 14.8 Å². The van der Waals surface area contributed by atoms with Gasteiger partial charge in [-0.2, -0.15) is 0 Å². The zero-order valence-electron chi connectivity index (χ0n) is 15.2. The molecule has 25 heavy (non-hydrogen) atoms. The zero-order chi connectivity index (χ0) is 18.1. The van der Waals surface area contributed by atoms with Gasteiger partial charge in [-0.05, 0) is 39.3 Å². The number of piperazine rings is 1. The Balaban J connectivity index is 1.78. The van der Waals surface area contributed by atoms with Gasteiger partial charge in [0.1, 0.15) is 15.7 Å². The molecule has 0 spiro atoms. The van der Waals surface area contributed by atoms with E-state index in [1.54, 1.807) is 13.0 Å². The summed E-state index contributed by atoms with van der Waals surface area (Å²) >= 11 is 1.35. The monoisotopic (exact) mass is 361 g/mol. The van der Waals surface area contributed by atoms with E-state index in [1.165, 1.54) is 17.4 Å². The van der Waals surface area contributed by atoms with E-state index in [9.17, 15) is 9.18 Å². The molecule has 0 unspecified atom stereocenters. The smallest absolute Gasteiger partial charge is 0.265 e. The maximum atomic E-state index is 13.8. The number of carbonyl (C=O) groups excluding carboxylic acids is 1. The van der Waals surface area contributed by atoms with Gasteiger partial charge in [-0.15, -0.1) is 11.3 Å². The van der Waals surface area contributed by atoms with Crippen LogP contribution < -0.4 is 0 Å². The SMILES string of the molecule is Cc1ccc(-c2nc(C)c(C(=O)N3CCN(C(C)C)CC3)s2)cc1F. The maximum Gasteiger partial charge on any atom is 0.265 e. The molecular weight excluding hydrogens is 337 g/mol. The first-order chi connectivity index (χ1) is 11.9. The summed E-state index contributed by atoms with van der Waals surface area (Å²) in [4.78, 5) is 22.3. The fourth-order valence-electron chi connectivity index (χ4n) is 3.03. The minimum Gasteiger partial charge on any atom is -0.335 e. The molecule has 6 heteroatoms. The molecule has 2 aromatic rings. The van der Waals surface area contributed by atoms with E-state index in [-0.39, 0.29) is 11.7 Å². The van der Waals surface area contributed by atoms with E-state index >= 15 is 0 Å². The van der Waals surface area contributed by atoms with Crippen LogP contribution in [0.25, 0.3) is 10.6 Å². The molecular formula is C19H24FN3OS. The first kappa shape index (κ1) is 18.0. The minimum absolute atomic E-state index is 0.0391. The maximum absolute atomic E-state index is 13.8. The number of benzene rings is 1. The van der Waals surface area contributed by atoms with Crippen LogP contribution in [0.15, 0.2) is 18.2 Å². The normalized spacial score (nSPS) is 15.8. The van der Waals surface area contributed by atoms with E-state index in [0.29, 0.717) is 21.5 Å². The predicted molar refractivity (Wildman–Crippen MR) is 99.6 cm³/mol. The molecule has 1 fully saturated rings. The molecule has 1 amide bonds. The van der Waals surface area contributed by atoms with Gasteiger partial charge in [-0.3, -0.25) is 9.69 Å². The largest absolute Gasteiger partial charge is 0.335 e. The number of aromatic nitrogens is 1. The van der Waals surface area contributed by atoms with Crippen molar-refractivity contribution in [2.45, 2.75) is 33.7 Å². The van der Waals surface area contributed by atoms with Crippen LogP contribution >= 0.6 is 11.3 Å². The number of aryl methyl sites for hydroxylation is 2. The van der Waals surface area contributed by atoms with Crippen molar-refractivity contribution in [2.24, 2.45) is 0 Å². The number of rotatable bonds is 3. The highest BCUT2D eigenvalue weighted by Gasteiger charge is 2.26. The Labute approximate surface area is 152 Å². The van der Waals surface area contributed by atoms with Crippen molar-refractivity contribution in [3.8, 4) is 10.6 Å². The number of hydrogen-bond donors (Lipinski definition) is 0. The number of nitrogens with zero attached hydrogens (tertiary/aromatic N) is 3. The van der Waals surface area contributed by atoms with Crippen LogP contribution in [-0.2, 0) is 0 Å². The Morgan fingerprint density at radius 2 is 1.88 bits per heavy atom. The molecule has 1 aromatic heterocycles. The highest BCUT2D eigenvalue weighted by atomic mass is 32.1. The lowest BCUT2D eigenvalue weighted by atomic mass is 10.1. The summed E-state index contributed by atoms with van der Waals surface area (Å²) in [6.45, 7) is 11.2. The standard InChI is InChI=1S/C19H24FN3OS/c1-12(2)22-7-9-23(10-8-22)19(24)17-14(4)21-18(25-17)15-6-5-13(3)16(20)11-15/h5-6,11-12H,7-10H2,1-4H3. The first-order valence-corrected chi connectivity index (χ1v) is 9.45. The van der Waals surface area contributed by atoms with Crippen molar-refractivity contribution in [2.75, 3.05) is 26.2 Å². The number of carbonyl (C=O) groups is 1. The first-order valence-electron chi connectivity index (χ1n) is 8.64. The fourth-order valence-corrected chi connectivity index (χ4v) is 4.06. The summed E-state index contributed by atoms with van der Waals surface area (Å²) < 4.78 is 13.8. The van der Waals surface area contributed by atoms with Crippen molar-refractivity contribution >= 4 is 17.2 Å². The second-order valence-electron chi connectivity index (χ2n) is 6.82. The minimum atomic E-state index is -0.247. The Morgan fingerprint density at radius 3 is 2.48 bits per heavy atom. The van der Waals surface area contributed by atoms with Crippen LogP contribution in [0.4, 0.5) is 4.39 Å². The van der Waals surface area contributed by atoms with Crippen LogP contribution in [0, 0.1) is 19.7 Å². The molecule has 2 heterocycles. The van der Waals surface area contributed by atoms with Crippen LogP contribution in [0.1, 0.15) is 34.8 Å². The lowest BCUT2D eigenvalue weighted by Gasteiger charge is -2.36. The van der Waals surface area contributed by atoms with Crippen molar-refractivity contribution in [1.29, 1.82) is 0 Å². The summed E-state index contributed by atoms with van der Waals surface area (Å²) in [5.41, 5.74) is 2.05. The third kappa shape index (κ3) is 3.75. The number of halogens is 1. The van der Waals surface area contributed by atoms with Crippen molar-refractivity contribution in [3.63, 3.8) is 0 Å². The second-order valence-corrected chi connectivity index (χ2v) is 7.82. The van der Waals surface area contributed by atoms with E-state index in [2.05, 4.69) is 23.7 Å². The Hall–Kier alpha value is -1.79. The van der Waals surface area contributed by atoms with E-state index in [0.717, 1.165) is 37.4 Å². The predicted octanol–water partition coefficient (Wildman–Crippen LogP) is 3.73. The van der Waals surface area contributed by atoms with Gasteiger partial charge in [0, 0.05) is 37.8 Å². The van der Waals surface area contributed by atoms with Crippen LogP contribution in [0.3, 0.4) is 0 Å². The van der Waals surface area contributed by atoms with Gasteiger partial charge in [0.05, 0.1) is 5.69 Å². The quantitative estimate of drug-likeness (QED) is 0.836. The topological polar surface area (TPSA) is 36.4 Å². The fraction of sp³-hybridized carbons (Fsp3) is 0.474. The van der Waals surface area contributed by atoms with Gasteiger partial charge in [-0.1, -0.05) is 12.1 Å². The van der Waals surface area contributed by atoms with Crippen molar-refractivity contribution in [3.05, 3.63) is 40.2 Å². The zero-order valence-corrected chi connectivity index (χ0v) is 16.0. The van der Waals surface area contributed by atoms with E-state index in [1.807, 2.05) is 17.9 Å². The van der Waals surface area contributed by atoms with Gasteiger partial charge in [0.25, 0.3) is 5.91 Å². The summed E-state index contributed by atoms with van der Waals surface area (Å²) in [7, 11) is 0. The summed E-state index contributed by atoms with van der Waals surface area (Å²) in [6, 6.07) is 5.59. The molecule has 134 valence electrons. The van der Waals surface area contributed by atoms with Gasteiger partial charge in [0.2, 0.25) is 0 Å². The number of hydrogen-bond acceptors (Lipinski definition) is 4. The third-order valence-corrected chi connectivity index (χ3v) is 5.94. The molecule has 1 aliphatic heterocycles. The second kappa shape index (κ2) is 7.22.